The van der Waals surface area contributed by atoms with Gasteiger partial charge >= 0.3 is 5.97 Å². The first-order valence-corrected chi connectivity index (χ1v) is 6.43. The molecule has 0 saturated carbocycles. The average molecular weight is 250 g/mol. The summed E-state index contributed by atoms with van der Waals surface area (Å²) < 4.78 is 0. The van der Waals surface area contributed by atoms with Gasteiger partial charge in [-0.1, -0.05) is 13.0 Å². The first kappa shape index (κ1) is 14.6. The molecule has 0 radical (unpaired) electrons. The molecule has 4 heteroatoms. The highest BCUT2D eigenvalue weighted by molar-refractivity contribution is 5.66. The fourth-order valence-electron chi connectivity index (χ4n) is 1.78. The molecular formula is C14H22N2O2. The van der Waals surface area contributed by atoms with Crippen LogP contribution in [0.25, 0.3) is 0 Å². The Hall–Kier alpha value is -1.42. The van der Waals surface area contributed by atoms with Crippen molar-refractivity contribution in [2.75, 3.05) is 6.54 Å². The third-order valence-corrected chi connectivity index (χ3v) is 2.92. The van der Waals surface area contributed by atoms with Crippen molar-refractivity contribution in [1.82, 2.24) is 10.3 Å². The van der Waals surface area contributed by atoms with Gasteiger partial charge in [-0.15, -0.1) is 0 Å². The van der Waals surface area contributed by atoms with Crippen LogP contribution in [-0.2, 0) is 11.3 Å². The molecule has 2 N–H and O–H groups in total. The van der Waals surface area contributed by atoms with Crippen LogP contribution in [0.2, 0.25) is 0 Å². The first-order valence-electron chi connectivity index (χ1n) is 6.43. The molecule has 4 nitrogen and oxygen atoms in total. The van der Waals surface area contributed by atoms with E-state index < -0.39 is 5.97 Å². The summed E-state index contributed by atoms with van der Waals surface area (Å²) >= 11 is 0. The van der Waals surface area contributed by atoms with E-state index >= 15 is 0 Å². The summed E-state index contributed by atoms with van der Waals surface area (Å²) in [5, 5.41) is 11.9. The Morgan fingerprint density at radius 3 is 2.89 bits per heavy atom. The number of hydrogen-bond donors (Lipinski definition) is 2. The minimum atomic E-state index is -0.709. The molecule has 0 saturated heterocycles. The number of aryl methyl sites for hydroxylation is 1. The Bertz CT molecular complexity index is 380. The largest absolute Gasteiger partial charge is 0.481 e. The molecule has 0 aliphatic carbocycles. The highest BCUT2D eigenvalue weighted by atomic mass is 16.4. The summed E-state index contributed by atoms with van der Waals surface area (Å²) in [5.41, 5.74) is 2.08. The topological polar surface area (TPSA) is 62.2 Å². The van der Waals surface area contributed by atoms with Gasteiger partial charge in [0.25, 0.3) is 0 Å². The van der Waals surface area contributed by atoms with Gasteiger partial charge in [0.05, 0.1) is 5.69 Å². The summed E-state index contributed by atoms with van der Waals surface area (Å²) in [6.45, 7) is 5.75. The van der Waals surface area contributed by atoms with E-state index in [4.69, 9.17) is 5.11 Å². The zero-order chi connectivity index (χ0) is 13.4. The molecule has 1 atom stereocenters. The highest BCUT2D eigenvalue weighted by Gasteiger charge is 2.05. The molecule has 0 amide bonds. The normalized spacial score (nSPS) is 12.3. The van der Waals surface area contributed by atoms with Gasteiger partial charge in [0.1, 0.15) is 0 Å². The number of nitrogens with zero attached hydrogens (tertiary/aromatic N) is 1. The zero-order valence-corrected chi connectivity index (χ0v) is 11.1. The van der Waals surface area contributed by atoms with Crippen LogP contribution >= 0.6 is 0 Å². The predicted octanol–water partition coefficient (Wildman–Crippen LogP) is 2.37. The van der Waals surface area contributed by atoms with Gasteiger partial charge in [-0.25, -0.2) is 0 Å². The van der Waals surface area contributed by atoms with Gasteiger partial charge in [0.15, 0.2) is 0 Å². The van der Waals surface area contributed by atoms with Gasteiger partial charge in [-0.3, -0.25) is 9.78 Å². The van der Waals surface area contributed by atoms with Gasteiger partial charge in [-0.2, -0.15) is 0 Å². The Balaban J connectivity index is 2.13. The molecule has 0 aliphatic rings. The minimum absolute atomic E-state index is 0.264. The average Bonchev–Trinajstić information content (AvgIpc) is 2.32. The van der Waals surface area contributed by atoms with Crippen LogP contribution in [0.4, 0.5) is 0 Å². The van der Waals surface area contributed by atoms with Crippen LogP contribution in [0, 0.1) is 12.8 Å². The van der Waals surface area contributed by atoms with Gasteiger partial charge in [0, 0.05) is 18.7 Å². The molecule has 1 rings (SSSR count). The Labute approximate surface area is 108 Å². The lowest BCUT2D eigenvalue weighted by Crippen LogP contribution is -2.18. The van der Waals surface area contributed by atoms with Crippen LogP contribution in [0.15, 0.2) is 18.2 Å². The van der Waals surface area contributed by atoms with E-state index in [1.54, 1.807) is 0 Å². The number of aliphatic carboxylic acids is 1. The van der Waals surface area contributed by atoms with E-state index in [0.717, 1.165) is 37.3 Å². The van der Waals surface area contributed by atoms with Crippen LogP contribution < -0.4 is 5.32 Å². The minimum Gasteiger partial charge on any atom is -0.481 e. The number of pyridine rings is 1. The lowest BCUT2D eigenvalue weighted by Gasteiger charge is -2.10. The molecule has 1 aromatic heterocycles. The van der Waals surface area contributed by atoms with Crippen LogP contribution in [0.5, 0.6) is 0 Å². The van der Waals surface area contributed by atoms with Crippen molar-refractivity contribution in [3.63, 3.8) is 0 Å². The van der Waals surface area contributed by atoms with E-state index in [1.807, 2.05) is 25.1 Å². The highest BCUT2D eigenvalue weighted by Crippen LogP contribution is 2.09. The Morgan fingerprint density at radius 2 is 2.22 bits per heavy atom. The monoisotopic (exact) mass is 250 g/mol. The van der Waals surface area contributed by atoms with E-state index in [1.165, 1.54) is 0 Å². The van der Waals surface area contributed by atoms with E-state index in [0.29, 0.717) is 5.92 Å². The smallest absolute Gasteiger partial charge is 0.303 e. The van der Waals surface area contributed by atoms with Crippen molar-refractivity contribution in [1.29, 1.82) is 0 Å². The van der Waals surface area contributed by atoms with Crippen molar-refractivity contribution < 1.29 is 9.90 Å². The van der Waals surface area contributed by atoms with Gasteiger partial charge in [0.2, 0.25) is 0 Å². The number of rotatable bonds is 8. The van der Waals surface area contributed by atoms with Crippen LogP contribution in [0.1, 0.15) is 37.6 Å². The number of carboxylic acids is 1. The summed E-state index contributed by atoms with van der Waals surface area (Å²) in [6.07, 6.45) is 2.01. The second kappa shape index (κ2) is 7.82. The molecule has 0 bridgehead atoms. The molecule has 0 fully saturated rings. The van der Waals surface area contributed by atoms with Crippen LogP contribution in [-0.4, -0.2) is 22.6 Å². The predicted molar refractivity (Wildman–Crippen MR) is 71.3 cm³/mol. The third-order valence-electron chi connectivity index (χ3n) is 2.92. The molecule has 1 unspecified atom stereocenters. The van der Waals surface area contributed by atoms with E-state index in [2.05, 4.69) is 17.2 Å². The van der Waals surface area contributed by atoms with Crippen LogP contribution in [0.3, 0.4) is 0 Å². The molecule has 18 heavy (non-hydrogen) atoms. The lowest BCUT2D eigenvalue weighted by molar-refractivity contribution is -0.137. The van der Waals surface area contributed by atoms with Crippen molar-refractivity contribution in [3.05, 3.63) is 29.6 Å². The van der Waals surface area contributed by atoms with Crippen molar-refractivity contribution in [3.8, 4) is 0 Å². The maximum Gasteiger partial charge on any atom is 0.303 e. The Morgan fingerprint density at radius 1 is 1.44 bits per heavy atom. The number of carbonyl (C=O) groups is 1. The lowest BCUT2D eigenvalue weighted by atomic mass is 10.0. The molecule has 0 aromatic carbocycles. The standard InChI is InChI=1S/C14H22N2O2/c1-11(6-7-14(17)18)8-9-15-10-13-5-3-4-12(2)16-13/h3-5,11,15H,6-10H2,1-2H3,(H,17,18). The number of aromatic nitrogens is 1. The van der Waals surface area contributed by atoms with E-state index in [9.17, 15) is 4.79 Å². The van der Waals surface area contributed by atoms with Gasteiger partial charge < -0.3 is 10.4 Å². The first-order chi connectivity index (χ1) is 8.58. The number of hydrogen-bond acceptors (Lipinski definition) is 3. The maximum absolute atomic E-state index is 10.4. The van der Waals surface area contributed by atoms with E-state index in [-0.39, 0.29) is 6.42 Å². The second-order valence-corrected chi connectivity index (χ2v) is 4.77. The molecular weight excluding hydrogens is 228 g/mol. The quantitative estimate of drug-likeness (QED) is 0.695. The van der Waals surface area contributed by atoms with Gasteiger partial charge in [-0.05, 0) is 44.4 Å². The molecule has 100 valence electrons. The van der Waals surface area contributed by atoms with Crippen molar-refractivity contribution in [2.24, 2.45) is 5.92 Å². The summed E-state index contributed by atoms with van der Waals surface area (Å²) in [5.74, 6) is -0.266. The van der Waals surface area contributed by atoms with Crippen molar-refractivity contribution >= 4 is 5.97 Å². The van der Waals surface area contributed by atoms with Crippen molar-refractivity contribution in [2.45, 2.75) is 39.7 Å². The molecule has 1 heterocycles. The molecule has 0 aliphatic heterocycles. The fourth-order valence-corrected chi connectivity index (χ4v) is 1.78. The molecule has 1 aromatic rings. The Kier molecular flexibility index (Phi) is 6.36. The fraction of sp³-hybridized carbons (Fsp3) is 0.571. The zero-order valence-electron chi connectivity index (χ0n) is 11.1. The maximum atomic E-state index is 10.4. The number of nitrogens with one attached hydrogen (secondary N) is 1. The summed E-state index contributed by atoms with van der Waals surface area (Å²) in [4.78, 5) is 14.8. The molecule has 0 spiro atoms. The third kappa shape index (κ3) is 6.35. The summed E-state index contributed by atoms with van der Waals surface area (Å²) in [7, 11) is 0. The number of carboxylic acid groups (broad SMARTS) is 1. The SMILES string of the molecule is Cc1cccc(CNCCC(C)CCC(=O)O)n1. The second-order valence-electron chi connectivity index (χ2n) is 4.77. The summed E-state index contributed by atoms with van der Waals surface area (Å²) in [6, 6.07) is 6.00.